The number of aromatic hydroxyl groups is 1. The van der Waals surface area contributed by atoms with Crippen molar-refractivity contribution in [2.75, 3.05) is 61.3 Å². The van der Waals surface area contributed by atoms with Crippen molar-refractivity contribution in [3.8, 4) is 22.9 Å². The number of likely N-dealkylation sites (tertiary alicyclic amines) is 1. The molecule has 4 saturated heterocycles. The highest BCUT2D eigenvalue weighted by atomic mass is 16.5. The number of fused-ring (bicyclic) bond motifs is 2. The molecule has 0 amide bonds. The van der Waals surface area contributed by atoms with Crippen molar-refractivity contribution in [2.24, 2.45) is 5.92 Å². The smallest absolute Gasteiger partial charge is 0.215 e. The second kappa shape index (κ2) is 13.4. The molecule has 47 heavy (non-hydrogen) atoms. The number of piperidine rings is 2. The van der Waals surface area contributed by atoms with Crippen molar-refractivity contribution >= 4 is 17.2 Å². The average molecular weight is 641 g/mol. The number of benzene rings is 1. The van der Waals surface area contributed by atoms with Crippen LogP contribution in [0.15, 0.2) is 48.7 Å². The number of nitrogens with two attached hydrogens (primary N) is 1. The Kier molecular flexibility index (Phi) is 8.77. The zero-order chi connectivity index (χ0) is 31.7. The van der Waals surface area contributed by atoms with Crippen LogP contribution in [0.3, 0.4) is 0 Å². The van der Waals surface area contributed by atoms with Gasteiger partial charge in [-0.3, -0.25) is 0 Å². The predicted molar refractivity (Wildman–Crippen MR) is 183 cm³/mol. The number of anilines is 3. The Morgan fingerprint density at radius 3 is 2.40 bits per heavy atom. The number of para-hydroxylation sites is 1. The van der Waals surface area contributed by atoms with E-state index < -0.39 is 0 Å². The van der Waals surface area contributed by atoms with Crippen LogP contribution in [0.25, 0.3) is 11.3 Å². The maximum atomic E-state index is 10.4. The third kappa shape index (κ3) is 6.71. The summed E-state index contributed by atoms with van der Waals surface area (Å²) in [5, 5.41) is 22.4. The molecule has 250 valence electrons. The molecule has 6 heterocycles. The second-order valence-electron chi connectivity index (χ2n) is 14.2. The normalized spacial score (nSPS) is 27.1. The first-order chi connectivity index (χ1) is 23.1. The van der Waals surface area contributed by atoms with E-state index in [9.17, 15) is 5.11 Å². The van der Waals surface area contributed by atoms with Gasteiger partial charge in [0.25, 0.3) is 0 Å². The number of phenols is 1. The lowest BCUT2D eigenvalue weighted by Crippen LogP contribution is -2.54. The highest BCUT2D eigenvalue weighted by Gasteiger charge is 2.41. The summed E-state index contributed by atoms with van der Waals surface area (Å²) >= 11 is 0. The molecule has 8 rings (SSSR count). The number of nitrogen functional groups attached to an aromatic ring is 1. The minimum absolute atomic E-state index is 0.164. The molecule has 5 fully saturated rings. The van der Waals surface area contributed by atoms with Crippen LogP contribution >= 0.6 is 0 Å². The van der Waals surface area contributed by atoms with Gasteiger partial charge >= 0.3 is 0 Å². The van der Waals surface area contributed by atoms with Crippen molar-refractivity contribution in [3.63, 3.8) is 0 Å². The maximum Gasteiger partial charge on any atom is 0.215 e. The highest BCUT2D eigenvalue weighted by molar-refractivity contribution is 5.74. The number of rotatable bonds is 9. The molecule has 2 unspecified atom stereocenters. The van der Waals surface area contributed by atoms with E-state index in [0.29, 0.717) is 47.2 Å². The Morgan fingerprint density at radius 1 is 0.872 bits per heavy atom. The van der Waals surface area contributed by atoms with Gasteiger partial charge in [-0.25, -0.2) is 4.98 Å². The minimum atomic E-state index is 0.164. The molecular formula is C36H48N8O3. The summed E-state index contributed by atoms with van der Waals surface area (Å²) in [6, 6.07) is 14.1. The summed E-state index contributed by atoms with van der Waals surface area (Å²) in [6.07, 6.45) is 11.8. The minimum Gasteiger partial charge on any atom is -0.507 e. The van der Waals surface area contributed by atoms with E-state index in [1.165, 1.54) is 51.3 Å². The number of pyridine rings is 1. The lowest BCUT2D eigenvalue weighted by atomic mass is 9.91. The summed E-state index contributed by atoms with van der Waals surface area (Å²) in [5.41, 5.74) is 9.66. The number of nitrogens with one attached hydrogen (secondary N) is 1. The first-order valence-corrected chi connectivity index (χ1v) is 17.7. The van der Waals surface area contributed by atoms with Gasteiger partial charge in [0.2, 0.25) is 5.88 Å². The van der Waals surface area contributed by atoms with Gasteiger partial charge in [0.15, 0.2) is 5.82 Å². The van der Waals surface area contributed by atoms with Crippen LogP contribution in [-0.4, -0.2) is 101 Å². The fourth-order valence-electron chi connectivity index (χ4n) is 8.44. The van der Waals surface area contributed by atoms with E-state index in [1.54, 1.807) is 12.1 Å². The Morgan fingerprint density at radius 2 is 1.64 bits per heavy atom. The van der Waals surface area contributed by atoms with E-state index in [1.807, 2.05) is 24.4 Å². The first-order valence-electron chi connectivity index (χ1n) is 17.7. The molecule has 5 aliphatic rings. The fourth-order valence-corrected chi connectivity index (χ4v) is 8.44. The molecule has 11 nitrogen and oxygen atoms in total. The maximum absolute atomic E-state index is 10.4. The zero-order valence-corrected chi connectivity index (χ0v) is 27.2. The van der Waals surface area contributed by atoms with Crippen LogP contribution in [0.2, 0.25) is 0 Å². The molecule has 3 aromatic rings. The molecule has 0 radical (unpaired) electrons. The number of nitrogens with zero attached hydrogens (tertiary/aromatic N) is 6. The van der Waals surface area contributed by atoms with E-state index in [0.717, 1.165) is 63.2 Å². The molecule has 4 N–H and O–H groups in total. The third-order valence-corrected chi connectivity index (χ3v) is 11.1. The van der Waals surface area contributed by atoms with Gasteiger partial charge in [0.05, 0.1) is 23.6 Å². The second-order valence-corrected chi connectivity index (χ2v) is 14.2. The molecule has 4 aliphatic heterocycles. The van der Waals surface area contributed by atoms with Crippen molar-refractivity contribution in [1.82, 2.24) is 25.4 Å². The number of hydrogen-bond donors (Lipinski definition) is 3. The molecule has 2 bridgehead atoms. The fraction of sp³-hybridized carbons (Fsp3) is 0.583. The lowest BCUT2D eigenvalue weighted by Gasteiger charge is -2.43. The van der Waals surface area contributed by atoms with Crippen molar-refractivity contribution in [2.45, 2.75) is 81.8 Å². The molecule has 2 atom stereocenters. The van der Waals surface area contributed by atoms with Crippen molar-refractivity contribution < 1.29 is 14.6 Å². The largest absolute Gasteiger partial charge is 0.507 e. The number of piperazine rings is 1. The Labute approximate surface area is 277 Å². The average Bonchev–Trinajstić information content (AvgIpc) is 3.34. The summed E-state index contributed by atoms with van der Waals surface area (Å²) in [7, 11) is 0. The standard InChI is InChI=1S/C36H48N8O3/c37-36-33(20-32(40-41-36)31-3-1-2-4-34(31)45)43-22-26-5-6-27(23-43)44(26)25-9-14-39-35(17-25)47-30-18-29(19-30)46-28-10-15-42(16-11-28)21-24-7-12-38-13-8-24/h1-4,9,14,17,20,24,26-30,38,45H,5-8,10-13,15-16,18-19,21-23H2,(H2,37,41). The molecule has 11 heteroatoms. The lowest BCUT2D eigenvalue weighted by molar-refractivity contribution is -0.111. The zero-order valence-electron chi connectivity index (χ0n) is 27.2. The van der Waals surface area contributed by atoms with Crippen LogP contribution in [0.4, 0.5) is 17.2 Å². The van der Waals surface area contributed by atoms with E-state index in [4.69, 9.17) is 15.2 Å². The quantitative estimate of drug-likeness (QED) is 0.314. The first kappa shape index (κ1) is 30.7. The van der Waals surface area contributed by atoms with E-state index in [2.05, 4.69) is 47.3 Å². The highest BCUT2D eigenvalue weighted by Crippen LogP contribution is 2.40. The van der Waals surface area contributed by atoms with Crippen LogP contribution in [0.5, 0.6) is 11.6 Å². The Hall–Kier alpha value is -3.67. The summed E-state index contributed by atoms with van der Waals surface area (Å²) in [6.45, 7) is 7.63. The Bertz CT molecular complexity index is 1510. The van der Waals surface area contributed by atoms with Gasteiger partial charge < -0.3 is 40.3 Å². The predicted octanol–water partition coefficient (Wildman–Crippen LogP) is 4.07. The molecule has 1 aromatic carbocycles. The monoisotopic (exact) mass is 640 g/mol. The van der Waals surface area contributed by atoms with Gasteiger partial charge in [0, 0.05) is 81.2 Å². The summed E-state index contributed by atoms with van der Waals surface area (Å²) < 4.78 is 12.9. The SMILES string of the molecule is Nc1nnc(-c2ccccc2O)cc1N1CC2CCC(C1)N2c1ccnc(OC2CC(OC3CCN(CC4CCNCC4)CC3)C2)c1. The number of hydrogen-bond acceptors (Lipinski definition) is 11. The van der Waals surface area contributed by atoms with E-state index in [-0.39, 0.29) is 11.9 Å². The topological polar surface area (TPSA) is 125 Å². The van der Waals surface area contributed by atoms with Crippen molar-refractivity contribution in [3.05, 3.63) is 48.7 Å². The van der Waals surface area contributed by atoms with Crippen molar-refractivity contribution in [1.29, 1.82) is 0 Å². The Balaban J connectivity index is 0.833. The molecule has 1 saturated carbocycles. The van der Waals surface area contributed by atoms with Crippen LogP contribution < -0.4 is 25.6 Å². The molecule has 2 aromatic heterocycles. The summed E-state index contributed by atoms with van der Waals surface area (Å²) in [4.78, 5) is 12.1. The van der Waals surface area contributed by atoms with Gasteiger partial charge in [0.1, 0.15) is 11.9 Å². The van der Waals surface area contributed by atoms with Gasteiger partial charge in [-0.2, -0.15) is 0 Å². The number of aromatic nitrogens is 3. The van der Waals surface area contributed by atoms with Crippen LogP contribution in [0, 0.1) is 5.92 Å². The van der Waals surface area contributed by atoms with Crippen LogP contribution in [-0.2, 0) is 4.74 Å². The van der Waals surface area contributed by atoms with Gasteiger partial charge in [-0.1, -0.05) is 12.1 Å². The van der Waals surface area contributed by atoms with E-state index >= 15 is 0 Å². The number of phenolic OH excluding ortho intramolecular Hbond substituents is 1. The van der Waals surface area contributed by atoms with Gasteiger partial charge in [-0.05, 0) is 81.8 Å². The third-order valence-electron chi connectivity index (χ3n) is 11.1. The van der Waals surface area contributed by atoms with Crippen LogP contribution in [0.1, 0.15) is 51.4 Å². The van der Waals surface area contributed by atoms with Gasteiger partial charge in [-0.15, -0.1) is 10.2 Å². The molecular weight excluding hydrogens is 592 g/mol. The molecule has 1 aliphatic carbocycles. The summed E-state index contributed by atoms with van der Waals surface area (Å²) in [5.74, 6) is 2.16. The molecule has 0 spiro atoms. The number of ether oxygens (including phenoxy) is 2.